The lowest BCUT2D eigenvalue weighted by molar-refractivity contribution is -0.120. The predicted molar refractivity (Wildman–Crippen MR) is 167 cm³/mol. The second-order valence-electron chi connectivity index (χ2n) is 9.00. The van der Waals surface area contributed by atoms with Crippen LogP contribution in [-0.4, -0.2) is 51.9 Å². The van der Waals surface area contributed by atoms with E-state index < -0.39 is 16.9 Å². The largest absolute Gasteiger partial charge is 0.465 e. The van der Waals surface area contributed by atoms with Crippen molar-refractivity contribution in [3.63, 3.8) is 0 Å². The van der Waals surface area contributed by atoms with Crippen molar-refractivity contribution in [2.75, 3.05) is 18.9 Å². The number of aliphatic hydroxyl groups is 1. The summed E-state index contributed by atoms with van der Waals surface area (Å²) in [6.07, 6.45) is 31.8. The maximum atomic E-state index is 12.0. The first-order valence-electron chi connectivity index (χ1n) is 13.4. The lowest BCUT2D eigenvalue weighted by atomic mass is 10.0. The predicted octanol–water partition coefficient (Wildman–Crippen LogP) is 7.37. The highest BCUT2D eigenvalue weighted by Gasteiger charge is 2.31. The van der Waals surface area contributed by atoms with Crippen LogP contribution < -0.4 is 10.6 Å². The smallest absolute Gasteiger partial charge is 0.405 e. The Bertz CT molecular complexity index is 802. The highest BCUT2D eigenvalue weighted by Crippen LogP contribution is 2.37. The highest BCUT2D eigenvalue weighted by molar-refractivity contribution is 8.77. The summed E-state index contributed by atoms with van der Waals surface area (Å²) in [5, 5.41) is 23.5. The van der Waals surface area contributed by atoms with Gasteiger partial charge in [0.15, 0.2) is 0 Å². The molecule has 0 spiro atoms. The molecule has 2 amide bonds. The molecule has 0 aromatic carbocycles. The highest BCUT2D eigenvalue weighted by atomic mass is 33.1. The van der Waals surface area contributed by atoms with Crippen molar-refractivity contribution in [2.45, 2.75) is 82.9 Å². The van der Waals surface area contributed by atoms with E-state index in [4.69, 9.17) is 5.11 Å². The SMILES string of the molecule is CC/C=C\C/C=C\C/C=C\C/C=C\C/C=C\C/C=C\CCC(=O)NCCSSC(C)(C)[C@@H](CO)NC(=O)O. The molecule has 0 fully saturated rings. The number of nitrogens with one attached hydrogen (secondary N) is 2. The average Bonchev–Trinajstić information content (AvgIpc) is 2.88. The zero-order chi connectivity index (χ0) is 28.3. The summed E-state index contributed by atoms with van der Waals surface area (Å²) in [6.45, 7) is 6.19. The molecule has 0 aliphatic rings. The molecule has 4 N–H and O–H groups in total. The van der Waals surface area contributed by atoms with Crippen molar-refractivity contribution >= 4 is 33.6 Å². The van der Waals surface area contributed by atoms with Gasteiger partial charge in [-0.2, -0.15) is 0 Å². The Morgan fingerprint density at radius 1 is 0.816 bits per heavy atom. The maximum Gasteiger partial charge on any atom is 0.405 e. The molecular formula is C30H48N2O4S2. The fraction of sp³-hybridized carbons (Fsp3) is 0.533. The van der Waals surface area contributed by atoms with Gasteiger partial charge in [-0.05, 0) is 58.8 Å². The zero-order valence-electron chi connectivity index (χ0n) is 23.3. The van der Waals surface area contributed by atoms with Crippen LogP contribution in [-0.2, 0) is 4.79 Å². The number of amides is 2. The molecular weight excluding hydrogens is 516 g/mol. The molecule has 0 saturated heterocycles. The monoisotopic (exact) mass is 564 g/mol. The number of carbonyl (C=O) groups is 2. The molecule has 8 heteroatoms. The van der Waals surface area contributed by atoms with Gasteiger partial charge in [0, 0.05) is 23.5 Å². The van der Waals surface area contributed by atoms with Crippen molar-refractivity contribution in [2.24, 2.45) is 0 Å². The van der Waals surface area contributed by atoms with E-state index in [2.05, 4.69) is 84.4 Å². The summed E-state index contributed by atoms with van der Waals surface area (Å²) < 4.78 is -0.474. The van der Waals surface area contributed by atoms with E-state index in [9.17, 15) is 14.7 Å². The Balaban J connectivity index is 3.77. The lowest BCUT2D eigenvalue weighted by Gasteiger charge is -2.31. The van der Waals surface area contributed by atoms with Crippen molar-refractivity contribution in [3.05, 3.63) is 72.9 Å². The van der Waals surface area contributed by atoms with Gasteiger partial charge in [-0.3, -0.25) is 4.79 Å². The second-order valence-corrected chi connectivity index (χ2v) is 12.1. The van der Waals surface area contributed by atoms with Crippen molar-refractivity contribution in [3.8, 4) is 0 Å². The van der Waals surface area contributed by atoms with Gasteiger partial charge in [0.25, 0.3) is 0 Å². The van der Waals surface area contributed by atoms with Gasteiger partial charge in [-0.1, -0.05) is 101 Å². The minimum absolute atomic E-state index is 0.0233. The van der Waals surface area contributed by atoms with Crippen LogP contribution in [0.4, 0.5) is 4.79 Å². The molecule has 0 aromatic heterocycles. The van der Waals surface area contributed by atoms with Crippen LogP contribution in [0, 0.1) is 0 Å². The van der Waals surface area contributed by atoms with Crippen molar-refractivity contribution < 1.29 is 19.8 Å². The molecule has 0 aliphatic heterocycles. The Morgan fingerprint density at radius 2 is 1.29 bits per heavy atom. The van der Waals surface area contributed by atoms with Crippen LogP contribution in [0.15, 0.2) is 72.9 Å². The van der Waals surface area contributed by atoms with E-state index >= 15 is 0 Å². The van der Waals surface area contributed by atoms with Gasteiger partial charge in [-0.25, -0.2) is 4.79 Å². The van der Waals surface area contributed by atoms with Crippen molar-refractivity contribution in [1.82, 2.24) is 10.6 Å². The minimum atomic E-state index is -1.15. The molecule has 214 valence electrons. The Labute approximate surface area is 238 Å². The minimum Gasteiger partial charge on any atom is -0.465 e. The molecule has 38 heavy (non-hydrogen) atoms. The summed E-state index contributed by atoms with van der Waals surface area (Å²) >= 11 is 0. The number of aliphatic hydroxyl groups excluding tert-OH is 1. The number of hydrogen-bond acceptors (Lipinski definition) is 5. The van der Waals surface area contributed by atoms with Gasteiger partial charge in [0.05, 0.1) is 12.6 Å². The van der Waals surface area contributed by atoms with Crippen LogP contribution in [0.5, 0.6) is 0 Å². The standard InChI is InChI=1S/C30H48N2O4S2/c1-4-5-6-7-8-9-10-11-12-13-14-15-16-17-18-19-20-21-22-23-28(34)31-24-25-37-38-30(2,3)27(26-33)32-29(35)36/h5-6,8-9,11-12,14-15,17-18,20-21,27,32-33H,4,7,10,13,16,19,22-26H2,1-3H3,(H,31,34)(H,35,36)/b6-5-,9-8-,12-11-,15-14-,18-17-,21-20-/t27-/m1/s1. The van der Waals surface area contributed by atoms with E-state index in [-0.39, 0.29) is 12.5 Å². The molecule has 6 nitrogen and oxygen atoms in total. The molecule has 0 aliphatic carbocycles. The first-order valence-corrected chi connectivity index (χ1v) is 15.7. The van der Waals surface area contributed by atoms with Crippen LogP contribution >= 0.6 is 21.6 Å². The van der Waals surface area contributed by atoms with Crippen molar-refractivity contribution in [1.29, 1.82) is 0 Å². The number of carboxylic acid groups (broad SMARTS) is 1. The van der Waals surface area contributed by atoms with Crippen LogP contribution in [0.2, 0.25) is 0 Å². The Hall–Kier alpha value is -2.16. The summed E-state index contributed by atoms with van der Waals surface area (Å²) in [4.78, 5) is 22.8. The third kappa shape index (κ3) is 23.0. The Morgan fingerprint density at radius 3 is 1.74 bits per heavy atom. The van der Waals surface area contributed by atoms with Crippen LogP contribution in [0.3, 0.4) is 0 Å². The molecule has 0 aromatic rings. The van der Waals surface area contributed by atoms with Gasteiger partial charge in [0.2, 0.25) is 5.91 Å². The van der Waals surface area contributed by atoms with E-state index in [0.29, 0.717) is 25.1 Å². The fourth-order valence-corrected chi connectivity index (χ4v) is 5.60. The van der Waals surface area contributed by atoms with E-state index in [1.165, 1.54) is 10.8 Å². The van der Waals surface area contributed by atoms with Crippen LogP contribution in [0.1, 0.15) is 72.1 Å². The molecule has 0 bridgehead atoms. The number of allylic oxidation sites excluding steroid dienone is 12. The number of hydrogen-bond donors (Lipinski definition) is 4. The van der Waals surface area contributed by atoms with Gasteiger partial charge >= 0.3 is 6.09 Å². The molecule has 0 rings (SSSR count). The fourth-order valence-electron chi connectivity index (χ4n) is 3.01. The number of carbonyl (C=O) groups excluding carboxylic acids is 1. The number of rotatable bonds is 22. The maximum absolute atomic E-state index is 12.0. The summed E-state index contributed by atoms with van der Waals surface area (Å²) in [5.74, 6) is 0.723. The van der Waals surface area contributed by atoms with E-state index in [1.54, 1.807) is 10.8 Å². The average molecular weight is 565 g/mol. The summed E-state index contributed by atoms with van der Waals surface area (Å²) in [5.41, 5.74) is 0. The first kappa shape index (κ1) is 35.8. The second kappa shape index (κ2) is 25.1. The first-order chi connectivity index (χ1) is 18.3. The molecule has 0 radical (unpaired) electrons. The quantitative estimate of drug-likeness (QED) is 0.0623. The summed E-state index contributed by atoms with van der Waals surface area (Å²) in [6, 6.07) is -0.562. The third-order valence-electron chi connectivity index (χ3n) is 5.24. The topological polar surface area (TPSA) is 98.7 Å². The lowest BCUT2D eigenvalue weighted by Crippen LogP contribution is -2.49. The normalized spacial score (nSPS) is 13.7. The summed E-state index contributed by atoms with van der Waals surface area (Å²) in [7, 11) is 3.05. The van der Waals surface area contributed by atoms with E-state index in [0.717, 1.165) is 38.5 Å². The zero-order valence-corrected chi connectivity index (χ0v) is 24.9. The van der Waals surface area contributed by atoms with Gasteiger partial charge < -0.3 is 20.8 Å². The van der Waals surface area contributed by atoms with E-state index in [1.807, 2.05) is 19.9 Å². The molecule has 0 heterocycles. The molecule has 0 saturated carbocycles. The molecule has 0 unspecified atom stereocenters. The van der Waals surface area contributed by atoms with Gasteiger partial charge in [0.1, 0.15) is 0 Å². The van der Waals surface area contributed by atoms with Gasteiger partial charge in [-0.15, -0.1) is 0 Å². The Kier molecular flexibility index (Phi) is 23.7. The third-order valence-corrected chi connectivity index (χ3v) is 8.58. The van der Waals surface area contributed by atoms with Crippen LogP contribution in [0.25, 0.3) is 0 Å². The molecule has 1 atom stereocenters.